The topological polar surface area (TPSA) is 74.2 Å². The molecule has 3 N–H and O–H groups in total. The molecule has 1 unspecified atom stereocenters. The van der Waals surface area contributed by atoms with Crippen LogP contribution in [0.2, 0.25) is 0 Å². The summed E-state index contributed by atoms with van der Waals surface area (Å²) in [5, 5.41) is 18.7. The summed E-state index contributed by atoms with van der Waals surface area (Å²) in [5.41, 5.74) is -1.04. The molecule has 0 saturated carbocycles. The third-order valence-corrected chi connectivity index (χ3v) is 5.03. The summed E-state index contributed by atoms with van der Waals surface area (Å²) in [5.74, 6) is 0. The van der Waals surface area contributed by atoms with E-state index < -0.39 is 5.60 Å². The molecule has 0 aliphatic rings. The molecule has 2 heterocycles. The third kappa shape index (κ3) is 4.80. The Morgan fingerprint density at radius 2 is 2.29 bits per heavy atom. The van der Waals surface area contributed by atoms with Crippen LogP contribution in [0.5, 0.6) is 0 Å². The van der Waals surface area contributed by atoms with Crippen LogP contribution in [0.15, 0.2) is 23.7 Å². The van der Waals surface area contributed by atoms with E-state index in [0.29, 0.717) is 13.0 Å². The van der Waals surface area contributed by atoms with Gasteiger partial charge in [-0.2, -0.15) is 0 Å². The van der Waals surface area contributed by atoms with Gasteiger partial charge in [0.25, 0.3) is 0 Å². The highest BCUT2D eigenvalue weighted by Gasteiger charge is 2.24. The molecule has 2 aromatic rings. The van der Waals surface area contributed by atoms with E-state index in [-0.39, 0.29) is 12.6 Å². The predicted molar refractivity (Wildman–Crippen MR) is 85.8 cm³/mol. The van der Waals surface area contributed by atoms with Gasteiger partial charge in [0.05, 0.1) is 11.6 Å². The minimum Gasteiger partial charge on any atom is -0.383 e. The predicted octanol–water partition coefficient (Wildman–Crippen LogP) is 2.26. The molecule has 0 aliphatic carbocycles. The number of nitrogens with zero attached hydrogens (tertiary/aromatic N) is 1. The Labute approximate surface area is 132 Å². The summed E-state index contributed by atoms with van der Waals surface area (Å²) < 4.78 is 0. The van der Waals surface area contributed by atoms with Gasteiger partial charge >= 0.3 is 6.03 Å². The molecular formula is C14H19N3O2S2. The second-order valence-corrected chi connectivity index (χ2v) is 7.24. The number of aliphatic hydroxyl groups is 1. The Hall–Kier alpha value is -1.44. The lowest BCUT2D eigenvalue weighted by molar-refractivity contribution is 0.0631. The number of urea groups is 1. The number of hydrogen-bond acceptors (Lipinski definition) is 5. The third-order valence-electron chi connectivity index (χ3n) is 2.94. The van der Waals surface area contributed by atoms with E-state index in [9.17, 15) is 9.90 Å². The summed E-state index contributed by atoms with van der Waals surface area (Å²) >= 11 is 3.10. The maximum atomic E-state index is 11.7. The number of carbonyl (C=O) groups is 1. The number of thiophene rings is 1. The minimum atomic E-state index is -1.04. The fourth-order valence-electron chi connectivity index (χ4n) is 1.79. The second-order valence-electron chi connectivity index (χ2n) is 4.98. The molecule has 2 aromatic heterocycles. The van der Waals surface area contributed by atoms with Crippen molar-refractivity contribution in [3.05, 3.63) is 38.5 Å². The van der Waals surface area contributed by atoms with Gasteiger partial charge in [-0.1, -0.05) is 6.07 Å². The van der Waals surface area contributed by atoms with E-state index in [1.807, 2.05) is 30.6 Å². The van der Waals surface area contributed by atoms with Crippen LogP contribution in [-0.4, -0.2) is 29.2 Å². The van der Waals surface area contributed by atoms with Gasteiger partial charge in [-0.15, -0.1) is 22.7 Å². The molecule has 7 heteroatoms. The van der Waals surface area contributed by atoms with Crippen molar-refractivity contribution in [1.29, 1.82) is 0 Å². The zero-order valence-corrected chi connectivity index (χ0v) is 13.7. The monoisotopic (exact) mass is 325 g/mol. The van der Waals surface area contributed by atoms with Crippen molar-refractivity contribution in [2.75, 3.05) is 13.1 Å². The standard InChI is InChI=1S/C14H19N3O2S2/c1-10-8-16-12(21-10)5-6-15-13(18)17-9-14(2,19)11-4-3-7-20-11/h3-4,7-8,19H,5-6,9H2,1-2H3,(H2,15,17,18). The lowest BCUT2D eigenvalue weighted by Crippen LogP contribution is -2.43. The number of carbonyl (C=O) groups excluding carboxylic acids is 1. The van der Waals surface area contributed by atoms with E-state index >= 15 is 0 Å². The Kier molecular flexibility index (Phi) is 5.33. The van der Waals surface area contributed by atoms with Crippen molar-refractivity contribution in [3.8, 4) is 0 Å². The molecule has 2 rings (SSSR count). The number of hydrogen-bond donors (Lipinski definition) is 3. The SMILES string of the molecule is Cc1cnc(CCNC(=O)NCC(C)(O)c2cccs2)s1. The second kappa shape index (κ2) is 7.02. The number of aryl methyl sites for hydroxylation is 1. The molecule has 5 nitrogen and oxygen atoms in total. The van der Waals surface area contributed by atoms with Crippen molar-refractivity contribution < 1.29 is 9.90 Å². The highest BCUT2D eigenvalue weighted by Crippen LogP contribution is 2.24. The van der Waals surface area contributed by atoms with Crippen LogP contribution < -0.4 is 10.6 Å². The van der Waals surface area contributed by atoms with Gasteiger partial charge in [0.1, 0.15) is 5.60 Å². The van der Waals surface area contributed by atoms with Crippen molar-refractivity contribution in [2.24, 2.45) is 0 Å². The smallest absolute Gasteiger partial charge is 0.314 e. The van der Waals surface area contributed by atoms with Gasteiger partial charge in [-0.25, -0.2) is 9.78 Å². The van der Waals surface area contributed by atoms with Crippen LogP contribution in [0.3, 0.4) is 0 Å². The molecule has 21 heavy (non-hydrogen) atoms. The Morgan fingerprint density at radius 3 is 2.90 bits per heavy atom. The maximum absolute atomic E-state index is 11.7. The average molecular weight is 325 g/mol. The fraction of sp³-hybridized carbons (Fsp3) is 0.429. The van der Waals surface area contributed by atoms with Crippen molar-refractivity contribution in [1.82, 2.24) is 15.6 Å². The Bertz CT molecular complexity index is 579. The molecule has 0 radical (unpaired) electrons. The van der Waals surface area contributed by atoms with Crippen molar-refractivity contribution >= 4 is 28.7 Å². The van der Waals surface area contributed by atoms with Crippen LogP contribution in [-0.2, 0) is 12.0 Å². The number of thiazole rings is 1. The van der Waals surface area contributed by atoms with Gasteiger partial charge in [0.2, 0.25) is 0 Å². The summed E-state index contributed by atoms with van der Waals surface area (Å²) in [6.45, 7) is 4.40. The fourth-order valence-corrected chi connectivity index (χ4v) is 3.36. The zero-order chi connectivity index (χ0) is 15.3. The lowest BCUT2D eigenvalue weighted by atomic mass is 10.1. The van der Waals surface area contributed by atoms with Crippen molar-refractivity contribution in [3.63, 3.8) is 0 Å². The molecule has 0 bridgehead atoms. The first-order valence-electron chi connectivity index (χ1n) is 6.67. The van der Waals surface area contributed by atoms with Crippen LogP contribution in [0.25, 0.3) is 0 Å². The van der Waals surface area contributed by atoms with Crippen molar-refractivity contribution in [2.45, 2.75) is 25.9 Å². The number of nitrogens with one attached hydrogen (secondary N) is 2. The van der Waals surface area contributed by atoms with Gasteiger partial charge in [0.15, 0.2) is 0 Å². The van der Waals surface area contributed by atoms with Gasteiger partial charge < -0.3 is 15.7 Å². The highest BCUT2D eigenvalue weighted by molar-refractivity contribution is 7.11. The normalized spacial score (nSPS) is 13.7. The van der Waals surface area contributed by atoms with Crippen LogP contribution >= 0.6 is 22.7 Å². The quantitative estimate of drug-likeness (QED) is 0.763. The van der Waals surface area contributed by atoms with Gasteiger partial charge in [0, 0.05) is 28.9 Å². The van der Waals surface area contributed by atoms with E-state index in [4.69, 9.17) is 0 Å². The molecule has 0 saturated heterocycles. The first-order valence-corrected chi connectivity index (χ1v) is 8.36. The van der Waals surface area contributed by atoms with Crippen LogP contribution in [0.1, 0.15) is 21.7 Å². The molecule has 114 valence electrons. The first-order chi connectivity index (χ1) is 9.97. The van der Waals surface area contributed by atoms with E-state index in [1.165, 1.54) is 16.2 Å². The largest absolute Gasteiger partial charge is 0.383 e. The van der Waals surface area contributed by atoms with Crippen LogP contribution in [0.4, 0.5) is 4.79 Å². The summed E-state index contributed by atoms with van der Waals surface area (Å²) in [6.07, 6.45) is 2.55. The van der Waals surface area contributed by atoms with E-state index in [1.54, 1.807) is 18.3 Å². The molecule has 0 spiro atoms. The number of rotatable bonds is 6. The minimum absolute atomic E-state index is 0.176. The first kappa shape index (κ1) is 15.9. The highest BCUT2D eigenvalue weighted by atomic mass is 32.1. The van der Waals surface area contributed by atoms with Crippen LogP contribution in [0, 0.1) is 6.92 Å². The number of aromatic nitrogens is 1. The van der Waals surface area contributed by atoms with Gasteiger partial charge in [-0.3, -0.25) is 0 Å². The average Bonchev–Trinajstić information content (AvgIpc) is 3.08. The molecule has 0 aromatic carbocycles. The molecule has 0 fully saturated rings. The summed E-state index contributed by atoms with van der Waals surface area (Å²) in [7, 11) is 0. The maximum Gasteiger partial charge on any atom is 0.314 e. The lowest BCUT2D eigenvalue weighted by Gasteiger charge is -2.22. The zero-order valence-electron chi connectivity index (χ0n) is 12.0. The Morgan fingerprint density at radius 1 is 1.48 bits per heavy atom. The molecule has 0 aliphatic heterocycles. The molecular weight excluding hydrogens is 306 g/mol. The molecule has 1 atom stereocenters. The van der Waals surface area contributed by atoms with E-state index in [0.717, 1.165) is 9.88 Å². The summed E-state index contributed by atoms with van der Waals surface area (Å²) in [4.78, 5) is 17.9. The molecule has 2 amide bonds. The van der Waals surface area contributed by atoms with Gasteiger partial charge in [-0.05, 0) is 25.3 Å². The summed E-state index contributed by atoms with van der Waals surface area (Å²) in [6, 6.07) is 3.46. The Balaban J connectivity index is 1.70. The number of amides is 2. The van der Waals surface area contributed by atoms with E-state index in [2.05, 4.69) is 15.6 Å².